The van der Waals surface area contributed by atoms with Crippen LogP contribution in [0.3, 0.4) is 0 Å². The molecule has 0 bridgehead atoms. The number of ether oxygens (including phenoxy) is 1. The average molecular weight is 302 g/mol. The first-order chi connectivity index (χ1) is 9.93. The largest absolute Gasteiger partial charge is 0.437 e. The molecule has 0 radical (unpaired) electrons. The van der Waals surface area contributed by atoms with E-state index in [0.717, 1.165) is 16.8 Å². The Morgan fingerprint density at radius 3 is 2.71 bits per heavy atom. The van der Waals surface area contributed by atoms with Crippen LogP contribution in [0.2, 0.25) is 5.02 Å². The first kappa shape index (κ1) is 15.1. The van der Waals surface area contributed by atoms with Crippen molar-refractivity contribution in [2.45, 2.75) is 26.7 Å². The molecule has 2 aromatic rings. The zero-order chi connectivity index (χ0) is 15.6. The van der Waals surface area contributed by atoms with E-state index in [1.807, 2.05) is 25.1 Å². The molecule has 4 nitrogen and oxygen atoms in total. The van der Waals surface area contributed by atoms with Crippen LogP contribution in [0.4, 0.5) is 5.69 Å². The van der Waals surface area contributed by atoms with Crippen LogP contribution in [0.5, 0.6) is 11.6 Å². The molecule has 5 heteroatoms. The Hall–Kier alpha value is -2.25. The second-order valence-electron chi connectivity index (χ2n) is 5.09. The third kappa shape index (κ3) is 3.09. The van der Waals surface area contributed by atoms with Gasteiger partial charge in [-0.1, -0.05) is 25.4 Å². The number of nitrogens with zero attached hydrogens (tertiary/aromatic N) is 2. The Balaban J connectivity index is 2.49. The van der Waals surface area contributed by atoms with Crippen molar-refractivity contribution in [3.05, 3.63) is 46.1 Å². The molecule has 0 aliphatic rings. The van der Waals surface area contributed by atoms with Gasteiger partial charge in [0, 0.05) is 11.9 Å². The van der Waals surface area contributed by atoms with Crippen molar-refractivity contribution in [1.29, 1.82) is 5.26 Å². The van der Waals surface area contributed by atoms with Gasteiger partial charge in [-0.3, -0.25) is 0 Å². The Morgan fingerprint density at radius 2 is 2.10 bits per heavy atom. The van der Waals surface area contributed by atoms with Crippen molar-refractivity contribution < 1.29 is 4.74 Å². The van der Waals surface area contributed by atoms with Crippen molar-refractivity contribution in [3.63, 3.8) is 0 Å². The highest BCUT2D eigenvalue weighted by molar-refractivity contribution is 6.33. The minimum Gasteiger partial charge on any atom is -0.437 e. The standard InChI is InChI=1S/C16H16ClN3O/c1-9(2)12-7-13(19)10(3)6-14(12)21-16-15(17)11(8-18)4-5-20-16/h4-7,9H,19H2,1-3H3. The smallest absolute Gasteiger partial charge is 0.239 e. The number of benzene rings is 1. The molecule has 0 fully saturated rings. The summed E-state index contributed by atoms with van der Waals surface area (Å²) in [5.41, 5.74) is 8.90. The fourth-order valence-corrected chi connectivity index (χ4v) is 2.13. The number of halogens is 1. The number of hydrogen-bond acceptors (Lipinski definition) is 4. The first-order valence-electron chi connectivity index (χ1n) is 6.56. The number of pyridine rings is 1. The quantitative estimate of drug-likeness (QED) is 0.852. The third-order valence-corrected chi connectivity index (χ3v) is 3.57. The number of aryl methyl sites for hydroxylation is 1. The number of rotatable bonds is 3. The predicted molar refractivity (Wildman–Crippen MR) is 83.7 cm³/mol. The molecule has 0 aliphatic carbocycles. The zero-order valence-electron chi connectivity index (χ0n) is 12.1. The highest BCUT2D eigenvalue weighted by atomic mass is 35.5. The minimum atomic E-state index is 0.212. The molecule has 0 saturated carbocycles. The summed E-state index contributed by atoms with van der Waals surface area (Å²) < 4.78 is 5.83. The fraction of sp³-hybridized carbons (Fsp3) is 0.250. The van der Waals surface area contributed by atoms with Crippen LogP contribution in [-0.4, -0.2) is 4.98 Å². The van der Waals surface area contributed by atoms with Gasteiger partial charge in [0.25, 0.3) is 0 Å². The molecule has 0 aliphatic heterocycles. The molecule has 2 N–H and O–H groups in total. The van der Waals surface area contributed by atoms with Crippen molar-refractivity contribution in [2.24, 2.45) is 0 Å². The maximum Gasteiger partial charge on any atom is 0.239 e. The highest BCUT2D eigenvalue weighted by Crippen LogP contribution is 2.36. The number of nitriles is 1. The van der Waals surface area contributed by atoms with Gasteiger partial charge in [0.2, 0.25) is 5.88 Å². The molecule has 1 aromatic carbocycles. The lowest BCUT2D eigenvalue weighted by Gasteiger charge is -2.16. The van der Waals surface area contributed by atoms with Crippen LogP contribution in [0.25, 0.3) is 0 Å². The Kier molecular flexibility index (Phi) is 4.35. The van der Waals surface area contributed by atoms with Gasteiger partial charge in [0.05, 0.1) is 5.56 Å². The third-order valence-electron chi connectivity index (χ3n) is 3.20. The molecule has 108 valence electrons. The molecule has 0 atom stereocenters. The number of aromatic nitrogens is 1. The van der Waals surface area contributed by atoms with E-state index < -0.39 is 0 Å². The van der Waals surface area contributed by atoms with Crippen molar-refractivity contribution in [1.82, 2.24) is 4.98 Å². The number of nitrogens with two attached hydrogens (primary N) is 1. The van der Waals surface area contributed by atoms with Crippen LogP contribution in [-0.2, 0) is 0 Å². The normalized spacial score (nSPS) is 10.5. The summed E-state index contributed by atoms with van der Waals surface area (Å²) in [5.74, 6) is 1.11. The molecule has 2 rings (SSSR count). The summed E-state index contributed by atoms with van der Waals surface area (Å²) in [5, 5.41) is 9.21. The molecule has 0 saturated heterocycles. The summed E-state index contributed by atoms with van der Waals surface area (Å²) in [6.07, 6.45) is 1.50. The zero-order valence-corrected chi connectivity index (χ0v) is 12.9. The van der Waals surface area contributed by atoms with Crippen LogP contribution in [0.15, 0.2) is 24.4 Å². The van der Waals surface area contributed by atoms with Gasteiger partial charge in [-0.25, -0.2) is 4.98 Å². The van der Waals surface area contributed by atoms with E-state index in [1.165, 1.54) is 6.20 Å². The number of nitrogen functional groups attached to an aromatic ring is 1. The number of hydrogen-bond donors (Lipinski definition) is 1. The minimum absolute atomic E-state index is 0.212. The van der Waals surface area contributed by atoms with Crippen LogP contribution < -0.4 is 10.5 Å². The lowest BCUT2D eigenvalue weighted by molar-refractivity contribution is 0.454. The van der Waals surface area contributed by atoms with Crippen molar-refractivity contribution >= 4 is 17.3 Å². The predicted octanol–water partition coefficient (Wildman–Crippen LogP) is 4.41. The van der Waals surface area contributed by atoms with Crippen LogP contribution >= 0.6 is 11.6 Å². The van der Waals surface area contributed by atoms with E-state index in [-0.39, 0.29) is 16.8 Å². The SMILES string of the molecule is Cc1cc(Oc2nccc(C#N)c2Cl)c(C(C)C)cc1N. The Labute approximate surface area is 129 Å². The molecular formula is C16H16ClN3O. The molecular weight excluding hydrogens is 286 g/mol. The van der Waals surface area contributed by atoms with E-state index in [2.05, 4.69) is 18.8 Å². The van der Waals surface area contributed by atoms with Crippen LogP contribution in [0.1, 0.15) is 36.5 Å². The molecule has 1 aromatic heterocycles. The second kappa shape index (κ2) is 6.02. The lowest BCUT2D eigenvalue weighted by Crippen LogP contribution is -2.00. The molecule has 0 spiro atoms. The van der Waals surface area contributed by atoms with E-state index in [1.54, 1.807) is 6.07 Å². The molecule has 0 unspecified atom stereocenters. The molecule has 21 heavy (non-hydrogen) atoms. The molecule has 1 heterocycles. The van der Waals surface area contributed by atoms with Gasteiger partial charge in [0.15, 0.2) is 0 Å². The van der Waals surface area contributed by atoms with Gasteiger partial charge in [0.1, 0.15) is 16.8 Å². The van der Waals surface area contributed by atoms with E-state index >= 15 is 0 Å². The average Bonchev–Trinajstić information content (AvgIpc) is 2.44. The van der Waals surface area contributed by atoms with Crippen LogP contribution in [0, 0.1) is 18.3 Å². The maximum absolute atomic E-state index is 9.00. The molecule has 0 amide bonds. The summed E-state index contributed by atoms with van der Waals surface area (Å²) >= 11 is 6.13. The van der Waals surface area contributed by atoms with Gasteiger partial charge < -0.3 is 10.5 Å². The monoisotopic (exact) mass is 301 g/mol. The number of anilines is 1. The van der Waals surface area contributed by atoms with E-state index in [9.17, 15) is 0 Å². The first-order valence-corrected chi connectivity index (χ1v) is 6.94. The summed E-state index contributed by atoms with van der Waals surface area (Å²) in [7, 11) is 0. The Morgan fingerprint density at radius 1 is 1.38 bits per heavy atom. The van der Waals surface area contributed by atoms with Gasteiger partial charge in [-0.2, -0.15) is 5.26 Å². The van der Waals surface area contributed by atoms with Crippen molar-refractivity contribution in [3.8, 4) is 17.7 Å². The van der Waals surface area contributed by atoms with E-state index in [4.69, 9.17) is 27.3 Å². The van der Waals surface area contributed by atoms with Gasteiger partial charge >= 0.3 is 0 Å². The summed E-state index contributed by atoms with van der Waals surface area (Å²) in [6, 6.07) is 7.32. The maximum atomic E-state index is 9.00. The summed E-state index contributed by atoms with van der Waals surface area (Å²) in [4.78, 5) is 4.10. The van der Waals surface area contributed by atoms with Gasteiger partial charge in [-0.05, 0) is 42.2 Å². The highest BCUT2D eigenvalue weighted by Gasteiger charge is 2.15. The lowest BCUT2D eigenvalue weighted by atomic mass is 9.99. The second-order valence-corrected chi connectivity index (χ2v) is 5.47. The van der Waals surface area contributed by atoms with Gasteiger partial charge in [-0.15, -0.1) is 0 Å². The van der Waals surface area contributed by atoms with Crippen molar-refractivity contribution in [2.75, 3.05) is 5.73 Å². The summed E-state index contributed by atoms with van der Waals surface area (Å²) in [6.45, 7) is 6.02. The topological polar surface area (TPSA) is 71.9 Å². The van der Waals surface area contributed by atoms with E-state index in [0.29, 0.717) is 11.3 Å². The Bertz CT molecular complexity index is 720. The fourth-order valence-electron chi connectivity index (χ4n) is 1.94.